The van der Waals surface area contributed by atoms with E-state index in [1.165, 1.54) is 11.8 Å². The number of carbonyl (C=O) groups excluding carboxylic acids is 2. The average Bonchev–Trinajstić information content (AvgIpc) is 3.49. The highest BCUT2D eigenvalue weighted by Crippen LogP contribution is 2.30. The summed E-state index contributed by atoms with van der Waals surface area (Å²) in [4.78, 5) is 29.4. The Morgan fingerprint density at radius 3 is 2.38 bits per heavy atom. The number of piperazine rings is 1. The maximum Gasteiger partial charge on any atom is 0.289 e. The molecule has 5 rings (SSSR count). The number of nitrogens with one attached hydrogen (secondary N) is 1. The Kier molecular flexibility index (Phi) is 6.18. The van der Waals surface area contributed by atoms with Gasteiger partial charge in [0.25, 0.3) is 5.91 Å². The molecule has 1 fully saturated rings. The normalized spacial score (nSPS) is 14.4. The van der Waals surface area contributed by atoms with Gasteiger partial charge in [0.05, 0.1) is 18.3 Å². The summed E-state index contributed by atoms with van der Waals surface area (Å²) in [6.45, 7) is 5.45. The van der Waals surface area contributed by atoms with Crippen LogP contribution in [0.5, 0.6) is 0 Å². The van der Waals surface area contributed by atoms with Gasteiger partial charge in [0.2, 0.25) is 5.91 Å². The average molecular weight is 457 g/mol. The monoisotopic (exact) mass is 456 g/mol. The molecule has 0 aliphatic carbocycles. The first-order chi connectivity index (χ1) is 16.6. The van der Waals surface area contributed by atoms with E-state index in [0.717, 1.165) is 22.3 Å². The summed E-state index contributed by atoms with van der Waals surface area (Å²) in [6, 6.07) is 21.9. The first-order valence-corrected chi connectivity index (χ1v) is 11.6. The van der Waals surface area contributed by atoms with Crippen LogP contribution in [0.3, 0.4) is 0 Å². The van der Waals surface area contributed by atoms with Crippen molar-refractivity contribution in [2.24, 2.45) is 0 Å². The molecule has 0 bridgehead atoms. The van der Waals surface area contributed by atoms with E-state index in [2.05, 4.69) is 46.0 Å². The molecule has 174 valence electrons. The van der Waals surface area contributed by atoms with Crippen LogP contribution >= 0.6 is 0 Å². The van der Waals surface area contributed by atoms with Gasteiger partial charge in [-0.25, -0.2) is 0 Å². The number of hydrogen-bond donors (Lipinski definition) is 1. The molecule has 1 aliphatic rings. The SMILES string of the molecule is Cc1c(NC(=O)CN2CCN(C(=O)c3ccco3)CC2)n(Cc2ccccc2)c2ccccc12. The number of aryl methyl sites for hydroxylation is 1. The molecule has 7 nitrogen and oxygen atoms in total. The second-order valence-electron chi connectivity index (χ2n) is 8.66. The van der Waals surface area contributed by atoms with Gasteiger partial charge in [0.1, 0.15) is 5.82 Å². The second kappa shape index (κ2) is 9.57. The van der Waals surface area contributed by atoms with E-state index in [1.807, 2.05) is 30.3 Å². The van der Waals surface area contributed by atoms with E-state index in [-0.39, 0.29) is 18.4 Å². The van der Waals surface area contributed by atoms with E-state index >= 15 is 0 Å². The molecular weight excluding hydrogens is 428 g/mol. The predicted octanol–water partition coefficient (Wildman–Crippen LogP) is 3.99. The lowest BCUT2D eigenvalue weighted by molar-refractivity contribution is -0.117. The van der Waals surface area contributed by atoms with Crippen molar-refractivity contribution in [2.75, 3.05) is 38.0 Å². The lowest BCUT2D eigenvalue weighted by Gasteiger charge is -2.33. The van der Waals surface area contributed by atoms with Crippen molar-refractivity contribution < 1.29 is 14.0 Å². The standard InChI is InChI=1S/C27H28N4O3/c1-20-22-10-5-6-11-23(22)31(18-21-8-3-2-4-9-21)26(20)28-25(32)19-29-13-15-30(16-14-29)27(33)24-12-7-17-34-24/h2-12,17H,13-16,18-19H2,1H3,(H,28,32). The Labute approximate surface area is 198 Å². The highest BCUT2D eigenvalue weighted by molar-refractivity contribution is 5.98. The molecule has 2 aromatic heterocycles. The molecule has 0 radical (unpaired) electrons. The summed E-state index contributed by atoms with van der Waals surface area (Å²) >= 11 is 0. The largest absolute Gasteiger partial charge is 0.459 e. The third-order valence-electron chi connectivity index (χ3n) is 6.42. The number of benzene rings is 2. The van der Waals surface area contributed by atoms with Crippen LogP contribution in [0.25, 0.3) is 10.9 Å². The van der Waals surface area contributed by atoms with E-state index in [9.17, 15) is 9.59 Å². The fraction of sp³-hybridized carbons (Fsp3) is 0.259. The van der Waals surface area contributed by atoms with Crippen molar-refractivity contribution in [1.82, 2.24) is 14.4 Å². The summed E-state index contributed by atoms with van der Waals surface area (Å²) in [5, 5.41) is 4.32. The quantitative estimate of drug-likeness (QED) is 0.476. The number of amides is 2. The van der Waals surface area contributed by atoms with E-state index < -0.39 is 0 Å². The number of rotatable bonds is 6. The maximum atomic E-state index is 13.1. The number of hydrogen-bond acceptors (Lipinski definition) is 4. The van der Waals surface area contributed by atoms with Crippen molar-refractivity contribution in [3.8, 4) is 0 Å². The van der Waals surface area contributed by atoms with Crippen LogP contribution in [0.1, 0.15) is 21.7 Å². The Balaban J connectivity index is 1.27. The van der Waals surface area contributed by atoms with Gasteiger partial charge in [-0.15, -0.1) is 0 Å². The zero-order valence-corrected chi connectivity index (χ0v) is 19.2. The molecule has 2 amide bonds. The Hall–Kier alpha value is -3.84. The van der Waals surface area contributed by atoms with Crippen LogP contribution in [0.15, 0.2) is 77.4 Å². The van der Waals surface area contributed by atoms with Gasteiger partial charge in [-0.3, -0.25) is 14.5 Å². The third kappa shape index (κ3) is 4.47. The third-order valence-corrected chi connectivity index (χ3v) is 6.42. The smallest absolute Gasteiger partial charge is 0.289 e. The highest BCUT2D eigenvalue weighted by atomic mass is 16.3. The Bertz CT molecular complexity index is 1290. The number of aromatic nitrogens is 1. The number of fused-ring (bicyclic) bond motifs is 1. The molecule has 0 atom stereocenters. The Morgan fingerprint density at radius 1 is 0.912 bits per heavy atom. The van der Waals surface area contributed by atoms with Crippen molar-refractivity contribution in [3.63, 3.8) is 0 Å². The number of carbonyl (C=O) groups is 2. The van der Waals surface area contributed by atoms with Gasteiger partial charge >= 0.3 is 0 Å². The van der Waals surface area contributed by atoms with Crippen LogP contribution in [0.2, 0.25) is 0 Å². The Morgan fingerprint density at radius 2 is 1.65 bits per heavy atom. The van der Waals surface area contributed by atoms with Gasteiger partial charge in [0.15, 0.2) is 5.76 Å². The van der Waals surface area contributed by atoms with Gasteiger partial charge < -0.3 is 19.2 Å². The van der Waals surface area contributed by atoms with Gasteiger partial charge in [0, 0.05) is 38.1 Å². The predicted molar refractivity (Wildman–Crippen MR) is 132 cm³/mol. The summed E-state index contributed by atoms with van der Waals surface area (Å²) < 4.78 is 7.40. The minimum Gasteiger partial charge on any atom is -0.459 e. The first-order valence-electron chi connectivity index (χ1n) is 11.6. The summed E-state index contributed by atoms with van der Waals surface area (Å²) in [5.41, 5.74) is 3.34. The number of anilines is 1. The van der Waals surface area contributed by atoms with E-state index in [0.29, 0.717) is 38.5 Å². The summed E-state index contributed by atoms with van der Waals surface area (Å²) in [6.07, 6.45) is 1.51. The van der Waals surface area contributed by atoms with Crippen molar-refractivity contribution >= 4 is 28.5 Å². The van der Waals surface area contributed by atoms with Crippen LogP contribution in [0.4, 0.5) is 5.82 Å². The zero-order valence-electron chi connectivity index (χ0n) is 19.2. The zero-order chi connectivity index (χ0) is 23.5. The molecule has 4 aromatic rings. The number of para-hydroxylation sites is 1. The molecule has 34 heavy (non-hydrogen) atoms. The van der Waals surface area contributed by atoms with Crippen LogP contribution < -0.4 is 5.32 Å². The fourth-order valence-electron chi connectivity index (χ4n) is 4.61. The molecule has 0 saturated carbocycles. The maximum absolute atomic E-state index is 13.1. The number of nitrogens with zero attached hydrogens (tertiary/aromatic N) is 3. The second-order valence-corrected chi connectivity index (χ2v) is 8.66. The molecule has 2 aromatic carbocycles. The highest BCUT2D eigenvalue weighted by Gasteiger charge is 2.25. The lowest BCUT2D eigenvalue weighted by atomic mass is 10.2. The minimum atomic E-state index is -0.102. The molecule has 1 saturated heterocycles. The van der Waals surface area contributed by atoms with Crippen LogP contribution in [0, 0.1) is 6.92 Å². The minimum absolute atomic E-state index is 0.0500. The van der Waals surface area contributed by atoms with Crippen LogP contribution in [-0.2, 0) is 11.3 Å². The van der Waals surface area contributed by atoms with E-state index in [4.69, 9.17) is 4.42 Å². The lowest BCUT2D eigenvalue weighted by Crippen LogP contribution is -2.50. The van der Waals surface area contributed by atoms with Crippen LogP contribution in [-0.4, -0.2) is 58.9 Å². The van der Waals surface area contributed by atoms with Crippen molar-refractivity contribution in [2.45, 2.75) is 13.5 Å². The molecule has 1 N–H and O–H groups in total. The van der Waals surface area contributed by atoms with Gasteiger partial charge in [-0.1, -0.05) is 48.5 Å². The van der Waals surface area contributed by atoms with Gasteiger partial charge in [-0.2, -0.15) is 0 Å². The van der Waals surface area contributed by atoms with Crippen molar-refractivity contribution in [3.05, 3.63) is 89.9 Å². The number of furan rings is 1. The van der Waals surface area contributed by atoms with Crippen molar-refractivity contribution in [1.29, 1.82) is 0 Å². The molecule has 0 unspecified atom stereocenters. The summed E-state index contributed by atoms with van der Waals surface area (Å²) in [7, 11) is 0. The van der Waals surface area contributed by atoms with E-state index in [1.54, 1.807) is 17.0 Å². The fourth-order valence-corrected chi connectivity index (χ4v) is 4.61. The molecule has 1 aliphatic heterocycles. The molecule has 3 heterocycles. The molecular formula is C27H28N4O3. The topological polar surface area (TPSA) is 70.7 Å². The summed E-state index contributed by atoms with van der Waals surface area (Å²) in [5.74, 6) is 1.04. The molecule has 7 heteroatoms. The van der Waals surface area contributed by atoms with Gasteiger partial charge in [-0.05, 0) is 36.2 Å². The first kappa shape index (κ1) is 22.0. The molecule has 0 spiro atoms.